The van der Waals surface area contributed by atoms with Crippen LogP contribution >= 0.6 is 0 Å². The zero-order valence-corrected chi connectivity index (χ0v) is 11.5. The molecule has 1 heterocycles. The van der Waals surface area contributed by atoms with E-state index >= 15 is 0 Å². The molecule has 1 aromatic heterocycles. The van der Waals surface area contributed by atoms with Gasteiger partial charge in [0.05, 0.1) is 26.0 Å². The summed E-state index contributed by atoms with van der Waals surface area (Å²) in [7, 11) is -0.592. The fourth-order valence-electron chi connectivity index (χ4n) is 1.68. The first-order chi connectivity index (χ1) is 8.94. The first kappa shape index (κ1) is 13.4. The van der Waals surface area contributed by atoms with Gasteiger partial charge in [-0.1, -0.05) is 0 Å². The second kappa shape index (κ2) is 4.93. The Bertz CT molecular complexity index is 711. The van der Waals surface area contributed by atoms with E-state index in [2.05, 4.69) is 4.98 Å². The van der Waals surface area contributed by atoms with E-state index in [1.54, 1.807) is 12.1 Å². The molecule has 6 nitrogen and oxygen atoms in total. The highest BCUT2D eigenvalue weighted by atomic mass is 32.2. The SMILES string of the molecule is COc1cc2nccc(OS(C)(=O)=O)c2cc1OC. The monoisotopic (exact) mass is 283 g/mol. The summed E-state index contributed by atoms with van der Waals surface area (Å²) >= 11 is 0. The summed E-state index contributed by atoms with van der Waals surface area (Å²) in [5.41, 5.74) is 0.554. The lowest BCUT2D eigenvalue weighted by atomic mass is 10.2. The highest BCUT2D eigenvalue weighted by molar-refractivity contribution is 7.86. The van der Waals surface area contributed by atoms with E-state index in [-0.39, 0.29) is 5.75 Å². The minimum absolute atomic E-state index is 0.202. The highest BCUT2D eigenvalue weighted by Crippen LogP contribution is 2.35. The average Bonchev–Trinajstić information content (AvgIpc) is 2.35. The Hall–Kier alpha value is -2.02. The molecule has 0 aliphatic carbocycles. The van der Waals surface area contributed by atoms with Crippen molar-refractivity contribution in [3.63, 3.8) is 0 Å². The number of methoxy groups -OCH3 is 2. The Morgan fingerprint density at radius 1 is 1.05 bits per heavy atom. The molecular weight excluding hydrogens is 270 g/mol. The molecule has 0 spiro atoms. The molecule has 0 N–H and O–H groups in total. The van der Waals surface area contributed by atoms with Gasteiger partial charge >= 0.3 is 10.1 Å². The summed E-state index contributed by atoms with van der Waals surface area (Å²) in [6, 6.07) is 4.76. The van der Waals surface area contributed by atoms with Crippen molar-refractivity contribution in [1.29, 1.82) is 0 Å². The number of fused-ring (bicyclic) bond motifs is 1. The van der Waals surface area contributed by atoms with Gasteiger partial charge in [0.1, 0.15) is 0 Å². The van der Waals surface area contributed by atoms with Crippen molar-refractivity contribution in [2.24, 2.45) is 0 Å². The molecule has 2 rings (SSSR count). The van der Waals surface area contributed by atoms with Gasteiger partial charge in [0, 0.05) is 23.7 Å². The van der Waals surface area contributed by atoms with Crippen LogP contribution in [0.4, 0.5) is 0 Å². The fourth-order valence-corrected chi connectivity index (χ4v) is 2.15. The Morgan fingerprint density at radius 3 is 2.26 bits per heavy atom. The van der Waals surface area contributed by atoms with E-state index in [4.69, 9.17) is 13.7 Å². The second-order valence-electron chi connectivity index (χ2n) is 3.82. The van der Waals surface area contributed by atoms with Gasteiger partial charge in [-0.3, -0.25) is 4.98 Å². The normalized spacial score (nSPS) is 11.3. The van der Waals surface area contributed by atoms with Gasteiger partial charge in [-0.25, -0.2) is 0 Å². The number of hydrogen-bond donors (Lipinski definition) is 0. The van der Waals surface area contributed by atoms with E-state index in [0.29, 0.717) is 22.4 Å². The van der Waals surface area contributed by atoms with Crippen molar-refractivity contribution in [3.8, 4) is 17.2 Å². The number of benzene rings is 1. The molecule has 0 atom stereocenters. The minimum atomic E-state index is -3.60. The van der Waals surface area contributed by atoms with Crippen LogP contribution in [0.1, 0.15) is 0 Å². The maximum absolute atomic E-state index is 11.2. The number of pyridine rings is 1. The number of rotatable bonds is 4. The standard InChI is InChI=1S/C12H13NO5S/c1-16-11-6-8-9(7-12(11)17-2)13-5-4-10(8)18-19(3,14)15/h4-7H,1-3H3. The summed E-state index contributed by atoms with van der Waals surface area (Å²) in [5.74, 6) is 1.19. The van der Waals surface area contributed by atoms with Gasteiger partial charge in [-0.15, -0.1) is 0 Å². The van der Waals surface area contributed by atoms with Crippen LogP contribution in [0.25, 0.3) is 10.9 Å². The molecule has 0 fully saturated rings. The van der Waals surface area contributed by atoms with Crippen LogP contribution in [0.15, 0.2) is 24.4 Å². The molecule has 1 aromatic carbocycles. The lowest BCUT2D eigenvalue weighted by molar-refractivity contribution is 0.355. The maximum Gasteiger partial charge on any atom is 0.306 e. The summed E-state index contributed by atoms with van der Waals surface area (Å²) < 4.78 is 37.7. The zero-order chi connectivity index (χ0) is 14.0. The summed E-state index contributed by atoms with van der Waals surface area (Å²) in [6.45, 7) is 0. The van der Waals surface area contributed by atoms with Crippen LogP contribution in [0.2, 0.25) is 0 Å². The number of aromatic nitrogens is 1. The van der Waals surface area contributed by atoms with E-state index in [1.165, 1.54) is 26.5 Å². The Kier molecular flexibility index (Phi) is 3.48. The van der Waals surface area contributed by atoms with Gasteiger partial charge in [0.2, 0.25) is 0 Å². The molecule has 0 aliphatic heterocycles. The van der Waals surface area contributed by atoms with Crippen molar-refractivity contribution in [1.82, 2.24) is 4.98 Å². The third-order valence-electron chi connectivity index (χ3n) is 2.45. The van der Waals surface area contributed by atoms with E-state index in [0.717, 1.165) is 6.26 Å². The predicted molar refractivity (Wildman–Crippen MR) is 70.3 cm³/mol. The lowest BCUT2D eigenvalue weighted by Gasteiger charge is -2.11. The molecular formula is C12H13NO5S. The first-order valence-corrected chi connectivity index (χ1v) is 7.16. The van der Waals surface area contributed by atoms with Crippen molar-refractivity contribution >= 4 is 21.0 Å². The van der Waals surface area contributed by atoms with Crippen LogP contribution in [0.5, 0.6) is 17.2 Å². The summed E-state index contributed by atoms with van der Waals surface area (Å²) in [4.78, 5) is 4.15. The quantitative estimate of drug-likeness (QED) is 0.793. The lowest BCUT2D eigenvalue weighted by Crippen LogP contribution is -2.06. The third-order valence-corrected chi connectivity index (χ3v) is 2.93. The van der Waals surface area contributed by atoms with Gasteiger partial charge in [-0.05, 0) is 6.07 Å². The van der Waals surface area contributed by atoms with Crippen molar-refractivity contribution in [2.45, 2.75) is 0 Å². The Labute approximate surface area is 111 Å². The van der Waals surface area contributed by atoms with Crippen LogP contribution in [-0.4, -0.2) is 33.9 Å². The number of hydrogen-bond acceptors (Lipinski definition) is 6. The molecule has 0 saturated heterocycles. The summed E-state index contributed by atoms with van der Waals surface area (Å²) in [5, 5.41) is 0.533. The second-order valence-corrected chi connectivity index (χ2v) is 5.40. The molecule has 102 valence electrons. The predicted octanol–water partition coefficient (Wildman–Crippen LogP) is 1.59. The van der Waals surface area contributed by atoms with Crippen molar-refractivity contribution in [2.75, 3.05) is 20.5 Å². The fraction of sp³-hybridized carbons (Fsp3) is 0.250. The van der Waals surface area contributed by atoms with E-state index in [9.17, 15) is 8.42 Å². The Morgan fingerprint density at radius 2 is 1.68 bits per heavy atom. The third kappa shape index (κ3) is 2.87. The first-order valence-electron chi connectivity index (χ1n) is 5.35. The molecule has 0 saturated carbocycles. The smallest absolute Gasteiger partial charge is 0.306 e. The van der Waals surface area contributed by atoms with Crippen molar-refractivity contribution < 1.29 is 22.1 Å². The highest BCUT2D eigenvalue weighted by Gasteiger charge is 2.13. The zero-order valence-electron chi connectivity index (χ0n) is 10.7. The topological polar surface area (TPSA) is 74.7 Å². The van der Waals surface area contributed by atoms with Crippen LogP contribution in [-0.2, 0) is 10.1 Å². The Balaban J connectivity index is 2.67. The molecule has 0 amide bonds. The number of ether oxygens (including phenoxy) is 2. The van der Waals surface area contributed by atoms with Crippen LogP contribution in [0, 0.1) is 0 Å². The molecule has 0 aliphatic rings. The van der Waals surface area contributed by atoms with Gasteiger partial charge in [-0.2, -0.15) is 8.42 Å². The minimum Gasteiger partial charge on any atom is -0.493 e. The van der Waals surface area contributed by atoms with Gasteiger partial charge in [0.25, 0.3) is 0 Å². The average molecular weight is 283 g/mol. The molecule has 2 aromatic rings. The van der Waals surface area contributed by atoms with E-state index < -0.39 is 10.1 Å². The van der Waals surface area contributed by atoms with E-state index in [1.807, 2.05) is 0 Å². The molecule has 19 heavy (non-hydrogen) atoms. The molecule has 0 unspecified atom stereocenters. The van der Waals surface area contributed by atoms with Crippen LogP contribution < -0.4 is 13.7 Å². The van der Waals surface area contributed by atoms with Gasteiger partial charge < -0.3 is 13.7 Å². The number of nitrogens with zero attached hydrogens (tertiary/aromatic N) is 1. The maximum atomic E-state index is 11.2. The molecule has 0 bridgehead atoms. The van der Waals surface area contributed by atoms with Crippen LogP contribution in [0.3, 0.4) is 0 Å². The summed E-state index contributed by atoms with van der Waals surface area (Å²) in [6.07, 6.45) is 2.45. The molecule has 7 heteroatoms. The van der Waals surface area contributed by atoms with Crippen molar-refractivity contribution in [3.05, 3.63) is 24.4 Å². The molecule has 0 radical (unpaired) electrons. The largest absolute Gasteiger partial charge is 0.493 e. The van der Waals surface area contributed by atoms with Gasteiger partial charge in [0.15, 0.2) is 17.2 Å².